The normalized spacial score (nSPS) is 28.0. The molecule has 0 radical (unpaired) electrons. The highest BCUT2D eigenvalue weighted by molar-refractivity contribution is 5.97. The van der Waals surface area contributed by atoms with Crippen molar-refractivity contribution in [2.75, 3.05) is 26.2 Å². The topological polar surface area (TPSA) is 43.9 Å². The zero-order valence-electron chi connectivity index (χ0n) is 12.9. The van der Waals surface area contributed by atoms with Gasteiger partial charge in [-0.1, -0.05) is 12.1 Å². The van der Waals surface area contributed by atoms with E-state index in [1.165, 1.54) is 12.1 Å². The first-order valence-corrected chi connectivity index (χ1v) is 8.21. The third-order valence-corrected chi connectivity index (χ3v) is 5.15. The van der Waals surface area contributed by atoms with Crippen molar-refractivity contribution in [2.24, 2.45) is 0 Å². The number of benzene rings is 1. The lowest BCUT2D eigenvalue weighted by Crippen LogP contribution is -2.68. The van der Waals surface area contributed by atoms with Crippen LogP contribution >= 0.6 is 0 Å². The lowest BCUT2D eigenvalue weighted by atomic mass is 10.0. The van der Waals surface area contributed by atoms with Crippen molar-refractivity contribution < 1.29 is 14.0 Å². The number of hydrogen-bond acceptors (Lipinski definition) is 3. The Kier molecular flexibility index (Phi) is 3.56. The van der Waals surface area contributed by atoms with Gasteiger partial charge in [-0.05, 0) is 30.5 Å². The van der Waals surface area contributed by atoms with Gasteiger partial charge >= 0.3 is 0 Å². The van der Waals surface area contributed by atoms with E-state index in [0.717, 1.165) is 24.9 Å². The van der Waals surface area contributed by atoms with Gasteiger partial charge in [0.1, 0.15) is 17.9 Å². The van der Waals surface area contributed by atoms with Crippen LogP contribution in [0.1, 0.15) is 18.4 Å². The second kappa shape index (κ2) is 5.60. The first-order chi connectivity index (χ1) is 11.1. The average molecular weight is 317 g/mol. The number of carbonyl (C=O) groups excluding carboxylic acids is 2. The number of amides is 2. The highest BCUT2D eigenvalue weighted by atomic mass is 19.1. The van der Waals surface area contributed by atoms with E-state index < -0.39 is 0 Å². The second-order valence-electron chi connectivity index (χ2n) is 6.60. The number of nitrogens with zero attached hydrogens (tertiary/aromatic N) is 3. The van der Waals surface area contributed by atoms with Crippen LogP contribution in [0.25, 0.3) is 0 Å². The zero-order chi connectivity index (χ0) is 16.0. The predicted molar refractivity (Wildman–Crippen MR) is 81.9 cm³/mol. The van der Waals surface area contributed by atoms with Crippen LogP contribution in [0.2, 0.25) is 0 Å². The fourth-order valence-corrected chi connectivity index (χ4v) is 4.02. The third kappa shape index (κ3) is 2.51. The van der Waals surface area contributed by atoms with Gasteiger partial charge in [0.15, 0.2) is 0 Å². The molecule has 3 heterocycles. The molecule has 0 aliphatic carbocycles. The SMILES string of the molecule is O=C1[C@H]2CN(Cc3cccc(F)c3)CCN2C(=O)[C@H]2CCCN12. The summed E-state index contributed by atoms with van der Waals surface area (Å²) >= 11 is 0. The molecule has 1 aromatic carbocycles. The van der Waals surface area contributed by atoms with E-state index >= 15 is 0 Å². The molecule has 0 unspecified atom stereocenters. The molecule has 4 rings (SSSR count). The van der Waals surface area contributed by atoms with Crippen molar-refractivity contribution in [1.82, 2.24) is 14.7 Å². The van der Waals surface area contributed by atoms with Gasteiger partial charge in [-0.2, -0.15) is 0 Å². The first-order valence-electron chi connectivity index (χ1n) is 8.21. The van der Waals surface area contributed by atoms with Crippen molar-refractivity contribution in [2.45, 2.75) is 31.5 Å². The summed E-state index contributed by atoms with van der Waals surface area (Å²) in [6, 6.07) is 5.94. The molecular weight excluding hydrogens is 297 g/mol. The minimum atomic E-state index is -0.376. The highest BCUT2D eigenvalue weighted by Gasteiger charge is 2.49. The van der Waals surface area contributed by atoms with Crippen LogP contribution in [0.15, 0.2) is 24.3 Å². The monoisotopic (exact) mass is 317 g/mol. The number of hydrogen-bond donors (Lipinski definition) is 0. The Balaban J connectivity index is 1.49. The van der Waals surface area contributed by atoms with E-state index in [-0.39, 0.29) is 29.7 Å². The molecule has 5 nitrogen and oxygen atoms in total. The molecule has 2 amide bonds. The first kappa shape index (κ1) is 14.6. The fraction of sp³-hybridized carbons (Fsp3) is 0.529. The maximum atomic E-state index is 13.3. The van der Waals surface area contributed by atoms with Crippen molar-refractivity contribution in [3.63, 3.8) is 0 Å². The minimum absolute atomic E-state index is 0.0797. The molecule has 23 heavy (non-hydrogen) atoms. The molecule has 3 saturated heterocycles. The zero-order valence-corrected chi connectivity index (χ0v) is 12.9. The van der Waals surface area contributed by atoms with Crippen LogP contribution in [0.3, 0.4) is 0 Å². The Morgan fingerprint density at radius 3 is 2.65 bits per heavy atom. The molecule has 0 N–H and O–H groups in total. The second-order valence-corrected chi connectivity index (χ2v) is 6.60. The largest absolute Gasteiger partial charge is 0.329 e. The Morgan fingerprint density at radius 2 is 1.83 bits per heavy atom. The van der Waals surface area contributed by atoms with Crippen molar-refractivity contribution in [3.05, 3.63) is 35.6 Å². The van der Waals surface area contributed by atoms with Gasteiger partial charge in [-0.15, -0.1) is 0 Å². The van der Waals surface area contributed by atoms with E-state index in [9.17, 15) is 14.0 Å². The Hall–Kier alpha value is -1.95. The quantitative estimate of drug-likeness (QED) is 0.812. The van der Waals surface area contributed by atoms with E-state index in [4.69, 9.17) is 0 Å². The molecule has 2 atom stereocenters. The van der Waals surface area contributed by atoms with E-state index in [1.807, 2.05) is 6.07 Å². The molecular formula is C17H20FN3O2. The standard InChI is InChI=1S/C17H20FN3O2/c18-13-4-1-3-12(9-13)10-19-7-8-21-15(11-19)17(23)20-6-2-5-14(20)16(21)22/h1,3-4,9,14-15H,2,5-8,10-11H2/t14-,15-/m1/s1. The fourth-order valence-electron chi connectivity index (χ4n) is 4.02. The maximum Gasteiger partial charge on any atom is 0.247 e. The lowest BCUT2D eigenvalue weighted by Gasteiger charge is -2.47. The Labute approximate surface area is 134 Å². The molecule has 122 valence electrons. The molecule has 6 heteroatoms. The Bertz CT molecular complexity index is 650. The van der Waals surface area contributed by atoms with Crippen LogP contribution in [-0.4, -0.2) is 64.8 Å². The summed E-state index contributed by atoms with van der Waals surface area (Å²) in [5.74, 6) is -0.0569. The van der Waals surface area contributed by atoms with E-state index in [1.54, 1.807) is 15.9 Å². The number of carbonyl (C=O) groups is 2. The summed E-state index contributed by atoms with van der Waals surface area (Å²) in [6.45, 7) is 3.13. The molecule has 1 aromatic rings. The molecule has 3 aliphatic rings. The smallest absolute Gasteiger partial charge is 0.247 e. The van der Waals surface area contributed by atoms with Crippen LogP contribution in [0.4, 0.5) is 4.39 Å². The van der Waals surface area contributed by atoms with Crippen LogP contribution in [0, 0.1) is 5.82 Å². The number of halogens is 1. The summed E-state index contributed by atoms with van der Waals surface area (Å²) < 4.78 is 13.3. The third-order valence-electron chi connectivity index (χ3n) is 5.15. The lowest BCUT2D eigenvalue weighted by molar-refractivity contribution is -0.163. The maximum absolute atomic E-state index is 13.3. The number of rotatable bonds is 2. The van der Waals surface area contributed by atoms with Gasteiger partial charge in [0.25, 0.3) is 0 Å². The molecule has 0 bridgehead atoms. The van der Waals surface area contributed by atoms with Gasteiger partial charge in [0, 0.05) is 32.7 Å². The number of fused-ring (bicyclic) bond motifs is 2. The highest BCUT2D eigenvalue weighted by Crippen LogP contribution is 2.29. The van der Waals surface area contributed by atoms with Gasteiger partial charge in [-0.25, -0.2) is 4.39 Å². The summed E-state index contributed by atoms with van der Waals surface area (Å²) in [5, 5.41) is 0. The average Bonchev–Trinajstić information content (AvgIpc) is 3.03. The van der Waals surface area contributed by atoms with Crippen LogP contribution in [-0.2, 0) is 16.1 Å². The summed E-state index contributed by atoms with van der Waals surface area (Å²) in [6.07, 6.45) is 1.70. The Morgan fingerprint density at radius 1 is 1.04 bits per heavy atom. The van der Waals surface area contributed by atoms with E-state index in [2.05, 4.69) is 4.90 Å². The van der Waals surface area contributed by atoms with Crippen molar-refractivity contribution in [3.8, 4) is 0 Å². The molecule has 0 saturated carbocycles. The minimum Gasteiger partial charge on any atom is -0.329 e. The molecule has 0 aromatic heterocycles. The van der Waals surface area contributed by atoms with E-state index in [0.29, 0.717) is 26.2 Å². The van der Waals surface area contributed by atoms with Crippen molar-refractivity contribution in [1.29, 1.82) is 0 Å². The summed E-state index contributed by atoms with van der Waals surface area (Å²) in [5.41, 5.74) is 0.895. The van der Waals surface area contributed by atoms with Gasteiger partial charge in [0.05, 0.1) is 0 Å². The van der Waals surface area contributed by atoms with Gasteiger partial charge in [0.2, 0.25) is 11.8 Å². The summed E-state index contributed by atoms with van der Waals surface area (Å²) in [7, 11) is 0. The number of piperazine rings is 2. The van der Waals surface area contributed by atoms with Crippen molar-refractivity contribution >= 4 is 11.8 Å². The van der Waals surface area contributed by atoms with Crippen LogP contribution in [0.5, 0.6) is 0 Å². The summed E-state index contributed by atoms with van der Waals surface area (Å²) in [4.78, 5) is 30.9. The molecule has 3 fully saturated rings. The molecule has 3 aliphatic heterocycles. The van der Waals surface area contributed by atoms with Gasteiger partial charge in [-0.3, -0.25) is 14.5 Å². The van der Waals surface area contributed by atoms with Gasteiger partial charge < -0.3 is 9.80 Å². The molecule has 0 spiro atoms. The predicted octanol–water partition coefficient (Wildman–Crippen LogP) is 0.843. The van der Waals surface area contributed by atoms with Crippen LogP contribution < -0.4 is 0 Å².